The number of carboxylic acids is 1. The first-order valence-corrected chi connectivity index (χ1v) is 7.07. The van der Waals surface area contributed by atoms with Crippen LogP contribution in [0, 0.1) is 17.8 Å². The zero-order valence-corrected chi connectivity index (χ0v) is 11.0. The molecule has 0 aliphatic heterocycles. The van der Waals surface area contributed by atoms with Gasteiger partial charge >= 0.3 is 5.97 Å². The van der Waals surface area contributed by atoms with E-state index >= 15 is 0 Å². The molecule has 2 bridgehead atoms. The van der Waals surface area contributed by atoms with Gasteiger partial charge in [-0.25, -0.2) is 0 Å². The lowest BCUT2D eigenvalue weighted by atomic mass is 9.84. The molecule has 4 atom stereocenters. The van der Waals surface area contributed by atoms with Gasteiger partial charge in [-0.2, -0.15) is 0 Å². The van der Waals surface area contributed by atoms with Crippen molar-refractivity contribution in [1.29, 1.82) is 0 Å². The highest BCUT2D eigenvalue weighted by molar-refractivity contribution is 5.77. The predicted octanol–water partition coefficient (Wildman–Crippen LogP) is 2.18. The average Bonchev–Trinajstić information content (AvgIpc) is 2.89. The van der Waals surface area contributed by atoms with Crippen LogP contribution in [0.15, 0.2) is 0 Å². The zero-order chi connectivity index (χ0) is 13.1. The highest BCUT2D eigenvalue weighted by atomic mass is 16.4. The molecule has 0 heterocycles. The highest BCUT2D eigenvalue weighted by Gasteiger charge is 2.41. The van der Waals surface area contributed by atoms with Crippen molar-refractivity contribution in [2.75, 3.05) is 0 Å². The second kappa shape index (κ2) is 5.72. The van der Waals surface area contributed by atoms with Gasteiger partial charge in [0.1, 0.15) is 0 Å². The Balaban J connectivity index is 1.69. The summed E-state index contributed by atoms with van der Waals surface area (Å²) in [4.78, 5) is 22.1. The second-order valence-electron chi connectivity index (χ2n) is 5.94. The van der Waals surface area contributed by atoms with Crippen molar-refractivity contribution in [3.05, 3.63) is 0 Å². The molecule has 2 rings (SSSR count). The standard InChI is InChI=1S/C14H23NO3/c1-9(12-8-10-5-6-11(12)7-10)15-13(16)3-2-4-14(17)18/h9-12H,2-8H2,1H3,(H,15,16)(H,17,18)/t9-,10+,11+,12-/m0/s1. The van der Waals surface area contributed by atoms with E-state index in [4.69, 9.17) is 5.11 Å². The molecule has 0 radical (unpaired) electrons. The van der Waals surface area contributed by atoms with Gasteiger partial charge in [0.25, 0.3) is 0 Å². The van der Waals surface area contributed by atoms with Gasteiger partial charge in [-0.3, -0.25) is 9.59 Å². The fourth-order valence-electron chi connectivity index (χ4n) is 3.74. The number of carboxylic acid groups (broad SMARTS) is 1. The largest absolute Gasteiger partial charge is 0.481 e. The Labute approximate surface area is 108 Å². The molecule has 0 unspecified atom stereocenters. The summed E-state index contributed by atoms with van der Waals surface area (Å²) in [5, 5.41) is 11.6. The van der Waals surface area contributed by atoms with Crippen LogP contribution in [0.2, 0.25) is 0 Å². The molecule has 2 fully saturated rings. The van der Waals surface area contributed by atoms with Crippen LogP contribution in [0.5, 0.6) is 0 Å². The summed E-state index contributed by atoms with van der Waals surface area (Å²) in [5.74, 6) is 1.53. The molecule has 0 spiro atoms. The Morgan fingerprint density at radius 2 is 2.06 bits per heavy atom. The number of fused-ring (bicyclic) bond motifs is 2. The Kier molecular flexibility index (Phi) is 4.25. The third kappa shape index (κ3) is 3.24. The number of rotatable bonds is 6. The number of nitrogens with one attached hydrogen (secondary N) is 1. The molecule has 2 aliphatic carbocycles. The van der Waals surface area contributed by atoms with Gasteiger partial charge < -0.3 is 10.4 Å². The lowest BCUT2D eigenvalue weighted by Gasteiger charge is -2.28. The summed E-state index contributed by atoms with van der Waals surface area (Å²) in [7, 11) is 0. The number of hydrogen-bond donors (Lipinski definition) is 2. The molecule has 0 saturated heterocycles. The van der Waals surface area contributed by atoms with Crippen molar-refractivity contribution < 1.29 is 14.7 Å². The Bertz CT molecular complexity index is 329. The lowest BCUT2D eigenvalue weighted by Crippen LogP contribution is -2.40. The molecule has 2 N–H and O–H groups in total. The maximum atomic E-state index is 11.7. The third-order valence-electron chi connectivity index (χ3n) is 4.62. The summed E-state index contributed by atoms with van der Waals surface area (Å²) in [5.41, 5.74) is 0. The van der Waals surface area contributed by atoms with E-state index in [1.807, 2.05) is 0 Å². The summed E-state index contributed by atoms with van der Waals surface area (Å²) in [6.07, 6.45) is 6.16. The third-order valence-corrected chi connectivity index (χ3v) is 4.62. The van der Waals surface area contributed by atoms with Crippen molar-refractivity contribution in [3.8, 4) is 0 Å². The van der Waals surface area contributed by atoms with Gasteiger partial charge in [0.05, 0.1) is 0 Å². The van der Waals surface area contributed by atoms with Gasteiger partial charge in [0, 0.05) is 18.9 Å². The molecule has 1 amide bonds. The minimum Gasteiger partial charge on any atom is -0.481 e. The Morgan fingerprint density at radius 3 is 2.61 bits per heavy atom. The minimum atomic E-state index is -0.830. The molecule has 0 aromatic carbocycles. The van der Waals surface area contributed by atoms with E-state index in [1.165, 1.54) is 25.7 Å². The van der Waals surface area contributed by atoms with Crippen molar-refractivity contribution in [2.45, 2.75) is 57.9 Å². The lowest BCUT2D eigenvalue weighted by molar-refractivity contribution is -0.137. The SMILES string of the molecule is C[C@H](NC(=O)CCCC(=O)O)[C@@H]1C[C@@H]2CC[C@@H]1C2. The van der Waals surface area contributed by atoms with Gasteiger partial charge in [0.2, 0.25) is 5.91 Å². The zero-order valence-electron chi connectivity index (χ0n) is 11.0. The smallest absolute Gasteiger partial charge is 0.303 e. The van der Waals surface area contributed by atoms with E-state index in [0.29, 0.717) is 18.8 Å². The van der Waals surface area contributed by atoms with Crippen molar-refractivity contribution in [3.63, 3.8) is 0 Å². The molecular weight excluding hydrogens is 230 g/mol. The molecule has 4 heteroatoms. The summed E-state index contributed by atoms with van der Waals surface area (Å²) < 4.78 is 0. The van der Waals surface area contributed by atoms with E-state index in [1.54, 1.807) is 0 Å². The maximum absolute atomic E-state index is 11.7. The molecule has 102 valence electrons. The van der Waals surface area contributed by atoms with Crippen molar-refractivity contribution in [1.82, 2.24) is 5.32 Å². The normalized spacial score (nSPS) is 31.3. The van der Waals surface area contributed by atoms with Crippen LogP contribution in [0.25, 0.3) is 0 Å². The summed E-state index contributed by atoms with van der Waals surface area (Å²) in [6.45, 7) is 2.10. The van der Waals surface area contributed by atoms with E-state index < -0.39 is 5.97 Å². The Morgan fingerprint density at radius 1 is 1.28 bits per heavy atom. The number of hydrogen-bond acceptors (Lipinski definition) is 2. The number of amides is 1. The van der Waals surface area contributed by atoms with E-state index in [0.717, 1.165) is 11.8 Å². The topological polar surface area (TPSA) is 66.4 Å². The van der Waals surface area contributed by atoms with E-state index in [9.17, 15) is 9.59 Å². The number of carbonyl (C=O) groups is 2. The molecule has 2 aliphatic rings. The van der Waals surface area contributed by atoms with E-state index in [-0.39, 0.29) is 18.4 Å². The summed E-state index contributed by atoms with van der Waals surface area (Å²) >= 11 is 0. The first-order chi connectivity index (χ1) is 8.56. The quantitative estimate of drug-likeness (QED) is 0.762. The van der Waals surface area contributed by atoms with Crippen LogP contribution in [-0.2, 0) is 9.59 Å². The first kappa shape index (κ1) is 13.4. The number of carbonyl (C=O) groups excluding carboxylic acids is 1. The van der Waals surface area contributed by atoms with E-state index in [2.05, 4.69) is 12.2 Å². The van der Waals surface area contributed by atoms with Crippen LogP contribution in [0.3, 0.4) is 0 Å². The second-order valence-corrected chi connectivity index (χ2v) is 5.94. The molecule has 18 heavy (non-hydrogen) atoms. The monoisotopic (exact) mass is 253 g/mol. The minimum absolute atomic E-state index is 0.00604. The van der Waals surface area contributed by atoms with Crippen LogP contribution in [0.4, 0.5) is 0 Å². The van der Waals surface area contributed by atoms with Crippen LogP contribution in [0.1, 0.15) is 51.9 Å². The fraction of sp³-hybridized carbons (Fsp3) is 0.857. The van der Waals surface area contributed by atoms with Crippen molar-refractivity contribution >= 4 is 11.9 Å². The van der Waals surface area contributed by atoms with Crippen LogP contribution in [-0.4, -0.2) is 23.0 Å². The van der Waals surface area contributed by atoms with Gasteiger partial charge in [-0.05, 0) is 50.4 Å². The van der Waals surface area contributed by atoms with Crippen LogP contribution < -0.4 is 5.32 Å². The molecular formula is C14H23NO3. The van der Waals surface area contributed by atoms with Gasteiger partial charge in [-0.1, -0.05) is 6.42 Å². The molecule has 4 nitrogen and oxygen atoms in total. The number of aliphatic carboxylic acids is 1. The highest BCUT2D eigenvalue weighted by Crippen LogP contribution is 2.49. The van der Waals surface area contributed by atoms with Crippen LogP contribution >= 0.6 is 0 Å². The van der Waals surface area contributed by atoms with Gasteiger partial charge in [-0.15, -0.1) is 0 Å². The molecule has 0 aromatic rings. The predicted molar refractivity (Wildman–Crippen MR) is 68.0 cm³/mol. The Hall–Kier alpha value is -1.06. The molecule has 2 saturated carbocycles. The first-order valence-electron chi connectivity index (χ1n) is 7.07. The van der Waals surface area contributed by atoms with Crippen molar-refractivity contribution in [2.24, 2.45) is 17.8 Å². The maximum Gasteiger partial charge on any atom is 0.303 e. The van der Waals surface area contributed by atoms with Gasteiger partial charge in [0.15, 0.2) is 0 Å². The molecule has 0 aromatic heterocycles. The fourth-order valence-corrected chi connectivity index (χ4v) is 3.74. The average molecular weight is 253 g/mol. The summed E-state index contributed by atoms with van der Waals surface area (Å²) in [6, 6.07) is 0.248.